The molecule has 8 nitrogen and oxygen atoms in total. The Labute approximate surface area is 232 Å². The summed E-state index contributed by atoms with van der Waals surface area (Å²) in [6, 6.07) is 7.14. The summed E-state index contributed by atoms with van der Waals surface area (Å²) in [6.07, 6.45) is 4.35. The standard InChI is InChI=1S/C29H47N3O5S/c1-19(2)16-23(25(33)18-38-22-14-10-11-15-22)31-26(34)20(3)30-27(35)24(17-21-12-8-7-9-13-21)32-28(36)37-29(4,5)6/h7-9,12-13,19-20,22-25,33H,10-11,14-18H2,1-6H3,(H,30,35)(H,31,34)(H,32,36)/t20-,23+,24-,25+/m0/s1. The number of alkyl carbamates (subject to hydrolysis) is 1. The van der Waals surface area contributed by atoms with Crippen molar-refractivity contribution in [3.8, 4) is 0 Å². The lowest BCUT2D eigenvalue weighted by Crippen LogP contribution is -2.56. The number of rotatable bonds is 13. The van der Waals surface area contributed by atoms with Crippen LogP contribution in [0.2, 0.25) is 0 Å². The number of benzene rings is 1. The summed E-state index contributed by atoms with van der Waals surface area (Å²) < 4.78 is 5.35. The summed E-state index contributed by atoms with van der Waals surface area (Å²) in [5.74, 6) is -0.00320. The van der Waals surface area contributed by atoms with Crippen molar-refractivity contribution >= 4 is 29.7 Å². The molecule has 0 unspecified atom stereocenters. The average Bonchev–Trinajstić information content (AvgIpc) is 3.34. The zero-order valence-electron chi connectivity index (χ0n) is 23.8. The maximum absolute atomic E-state index is 13.2. The Kier molecular flexibility index (Phi) is 12.9. The molecule has 4 N–H and O–H groups in total. The minimum absolute atomic E-state index is 0.243. The molecule has 0 aliphatic heterocycles. The molecule has 0 saturated heterocycles. The predicted molar refractivity (Wildman–Crippen MR) is 153 cm³/mol. The van der Waals surface area contributed by atoms with E-state index in [1.54, 1.807) is 39.5 Å². The monoisotopic (exact) mass is 549 g/mol. The van der Waals surface area contributed by atoms with Gasteiger partial charge in [0, 0.05) is 17.4 Å². The number of aliphatic hydroxyl groups excluding tert-OH is 1. The van der Waals surface area contributed by atoms with Gasteiger partial charge in [0.2, 0.25) is 11.8 Å². The molecule has 0 heterocycles. The third kappa shape index (κ3) is 12.1. The molecule has 1 aromatic rings. The molecule has 0 bridgehead atoms. The highest BCUT2D eigenvalue weighted by molar-refractivity contribution is 7.99. The molecule has 1 aliphatic rings. The maximum Gasteiger partial charge on any atom is 0.408 e. The van der Waals surface area contributed by atoms with E-state index in [2.05, 4.69) is 29.8 Å². The Morgan fingerprint density at radius 2 is 1.63 bits per heavy atom. The van der Waals surface area contributed by atoms with Gasteiger partial charge in [0.15, 0.2) is 0 Å². The number of amides is 3. The van der Waals surface area contributed by atoms with Crippen molar-refractivity contribution in [3.05, 3.63) is 35.9 Å². The van der Waals surface area contributed by atoms with E-state index in [0.717, 1.165) is 5.56 Å². The molecule has 1 aliphatic carbocycles. The molecule has 0 spiro atoms. The highest BCUT2D eigenvalue weighted by atomic mass is 32.2. The summed E-state index contributed by atoms with van der Waals surface area (Å²) >= 11 is 1.78. The van der Waals surface area contributed by atoms with E-state index in [9.17, 15) is 19.5 Å². The first-order chi connectivity index (χ1) is 17.8. The third-order valence-electron chi connectivity index (χ3n) is 6.36. The van der Waals surface area contributed by atoms with Crippen LogP contribution < -0.4 is 16.0 Å². The number of hydrogen-bond acceptors (Lipinski definition) is 6. The lowest BCUT2D eigenvalue weighted by atomic mass is 9.99. The predicted octanol–water partition coefficient (Wildman–Crippen LogP) is 4.19. The van der Waals surface area contributed by atoms with E-state index in [0.29, 0.717) is 17.4 Å². The Morgan fingerprint density at radius 3 is 2.21 bits per heavy atom. The lowest BCUT2D eigenvalue weighted by molar-refractivity contribution is -0.130. The molecule has 3 amide bonds. The van der Waals surface area contributed by atoms with E-state index in [4.69, 9.17) is 4.74 Å². The van der Waals surface area contributed by atoms with Gasteiger partial charge in [-0.25, -0.2) is 4.79 Å². The fraction of sp³-hybridized carbons (Fsp3) is 0.690. The quantitative estimate of drug-likeness (QED) is 0.293. The van der Waals surface area contributed by atoms with Crippen LogP contribution in [0.4, 0.5) is 4.79 Å². The molecule has 1 fully saturated rings. The Bertz CT molecular complexity index is 884. The Morgan fingerprint density at radius 1 is 1.00 bits per heavy atom. The average molecular weight is 550 g/mol. The Hall–Kier alpha value is -2.26. The number of thioether (sulfide) groups is 1. The van der Waals surface area contributed by atoms with Crippen LogP contribution in [-0.2, 0) is 20.7 Å². The smallest absolute Gasteiger partial charge is 0.408 e. The van der Waals surface area contributed by atoms with Gasteiger partial charge in [-0.3, -0.25) is 9.59 Å². The van der Waals surface area contributed by atoms with Gasteiger partial charge in [0.25, 0.3) is 0 Å². The fourth-order valence-corrected chi connectivity index (χ4v) is 5.79. The van der Waals surface area contributed by atoms with E-state index < -0.39 is 41.8 Å². The van der Waals surface area contributed by atoms with E-state index >= 15 is 0 Å². The van der Waals surface area contributed by atoms with Crippen LogP contribution in [0.15, 0.2) is 30.3 Å². The van der Waals surface area contributed by atoms with Gasteiger partial charge >= 0.3 is 6.09 Å². The van der Waals surface area contributed by atoms with Gasteiger partial charge in [-0.1, -0.05) is 57.0 Å². The molecular formula is C29H47N3O5S. The largest absolute Gasteiger partial charge is 0.444 e. The second kappa shape index (κ2) is 15.4. The summed E-state index contributed by atoms with van der Waals surface area (Å²) in [5.41, 5.74) is 0.147. The molecule has 2 rings (SSSR count). The topological polar surface area (TPSA) is 117 Å². The number of carbonyl (C=O) groups is 3. The van der Waals surface area contributed by atoms with Crippen LogP contribution in [0, 0.1) is 5.92 Å². The first-order valence-corrected chi connectivity index (χ1v) is 14.8. The zero-order valence-corrected chi connectivity index (χ0v) is 24.6. The lowest BCUT2D eigenvalue weighted by Gasteiger charge is -2.28. The zero-order chi connectivity index (χ0) is 28.3. The summed E-state index contributed by atoms with van der Waals surface area (Å²) in [6.45, 7) is 11.0. The van der Waals surface area contributed by atoms with Crippen LogP contribution in [0.1, 0.15) is 79.2 Å². The van der Waals surface area contributed by atoms with Crippen molar-refractivity contribution < 1.29 is 24.2 Å². The van der Waals surface area contributed by atoms with Crippen LogP contribution >= 0.6 is 11.8 Å². The van der Waals surface area contributed by atoms with Crippen molar-refractivity contribution in [1.29, 1.82) is 0 Å². The molecule has 0 aromatic heterocycles. The second-order valence-electron chi connectivity index (χ2n) is 11.7. The number of hydrogen-bond donors (Lipinski definition) is 4. The van der Waals surface area contributed by atoms with E-state index in [-0.39, 0.29) is 18.2 Å². The summed E-state index contributed by atoms with van der Waals surface area (Å²) in [4.78, 5) is 38.7. The van der Waals surface area contributed by atoms with Crippen LogP contribution in [0.3, 0.4) is 0 Å². The van der Waals surface area contributed by atoms with Gasteiger partial charge in [-0.05, 0) is 58.4 Å². The van der Waals surface area contributed by atoms with Crippen molar-refractivity contribution in [3.63, 3.8) is 0 Å². The van der Waals surface area contributed by atoms with Crippen LogP contribution in [0.25, 0.3) is 0 Å². The number of aliphatic hydroxyl groups is 1. The molecule has 1 saturated carbocycles. The van der Waals surface area contributed by atoms with Crippen LogP contribution in [0.5, 0.6) is 0 Å². The fourth-order valence-electron chi connectivity index (χ4n) is 4.42. The number of ether oxygens (including phenoxy) is 1. The first-order valence-electron chi connectivity index (χ1n) is 13.8. The van der Waals surface area contributed by atoms with Crippen molar-refractivity contribution in [2.45, 2.75) is 115 Å². The highest BCUT2D eigenvalue weighted by Gasteiger charge is 2.30. The second-order valence-corrected chi connectivity index (χ2v) is 13.0. The highest BCUT2D eigenvalue weighted by Crippen LogP contribution is 2.30. The normalized spacial score (nSPS) is 17.4. The Balaban J connectivity index is 2.01. The van der Waals surface area contributed by atoms with E-state index in [1.807, 2.05) is 30.3 Å². The van der Waals surface area contributed by atoms with Crippen molar-refractivity contribution in [2.24, 2.45) is 5.92 Å². The van der Waals surface area contributed by atoms with Gasteiger partial charge in [-0.15, -0.1) is 0 Å². The van der Waals surface area contributed by atoms with Crippen molar-refractivity contribution in [2.75, 3.05) is 5.75 Å². The molecular weight excluding hydrogens is 502 g/mol. The number of nitrogens with one attached hydrogen (secondary N) is 3. The molecule has 1 aromatic carbocycles. The molecule has 4 atom stereocenters. The van der Waals surface area contributed by atoms with Gasteiger partial charge in [0.1, 0.15) is 17.7 Å². The van der Waals surface area contributed by atoms with Gasteiger partial charge in [0.05, 0.1) is 12.1 Å². The molecule has 9 heteroatoms. The molecule has 0 radical (unpaired) electrons. The molecule has 214 valence electrons. The minimum atomic E-state index is -0.928. The molecule has 38 heavy (non-hydrogen) atoms. The van der Waals surface area contributed by atoms with Crippen molar-refractivity contribution in [1.82, 2.24) is 16.0 Å². The summed E-state index contributed by atoms with van der Waals surface area (Å²) in [7, 11) is 0. The first kappa shape index (κ1) is 32.0. The van der Waals surface area contributed by atoms with Gasteiger partial charge in [-0.2, -0.15) is 11.8 Å². The maximum atomic E-state index is 13.2. The number of carbonyl (C=O) groups excluding carboxylic acids is 3. The SMILES string of the molecule is CC(C)C[C@@H](NC(=O)[C@H](C)NC(=O)[C@H](Cc1ccccc1)NC(=O)OC(C)(C)C)[C@H](O)CSC1CCCC1. The third-order valence-corrected chi connectivity index (χ3v) is 7.84. The summed E-state index contributed by atoms with van der Waals surface area (Å²) in [5, 5.41) is 19.8. The van der Waals surface area contributed by atoms with Gasteiger partial charge < -0.3 is 25.8 Å². The van der Waals surface area contributed by atoms with Crippen LogP contribution in [-0.4, -0.2) is 63.8 Å². The van der Waals surface area contributed by atoms with E-state index in [1.165, 1.54) is 25.7 Å². The minimum Gasteiger partial charge on any atom is -0.444 e.